The summed E-state index contributed by atoms with van der Waals surface area (Å²) in [4.78, 5) is 0. The predicted octanol–water partition coefficient (Wildman–Crippen LogP) is 3.51. The van der Waals surface area contributed by atoms with E-state index in [9.17, 15) is 0 Å². The van der Waals surface area contributed by atoms with Crippen LogP contribution in [0.25, 0.3) is 0 Å². The Bertz CT molecular complexity index is 394. The van der Waals surface area contributed by atoms with Crippen molar-refractivity contribution in [2.75, 3.05) is 26.4 Å². The molecule has 1 aliphatic heterocycles. The van der Waals surface area contributed by atoms with Crippen LogP contribution in [-0.2, 0) is 4.74 Å². The lowest BCUT2D eigenvalue weighted by Crippen LogP contribution is -2.44. The molecule has 1 heterocycles. The summed E-state index contributed by atoms with van der Waals surface area (Å²) < 4.78 is 11.5. The van der Waals surface area contributed by atoms with Crippen LogP contribution in [0.1, 0.15) is 26.2 Å². The molecule has 1 fully saturated rings. The van der Waals surface area contributed by atoms with Crippen LogP contribution in [0.4, 0.5) is 0 Å². The van der Waals surface area contributed by atoms with E-state index in [4.69, 9.17) is 21.1 Å². The molecule has 0 bridgehead atoms. The molecule has 1 aromatic carbocycles. The Morgan fingerprint density at radius 2 is 2.40 bits per heavy atom. The van der Waals surface area contributed by atoms with E-state index >= 15 is 0 Å². The smallest absolute Gasteiger partial charge is 0.120 e. The van der Waals surface area contributed by atoms with Crippen molar-refractivity contribution in [3.63, 3.8) is 0 Å². The minimum absolute atomic E-state index is 0.342. The average Bonchev–Trinajstić information content (AvgIpc) is 2.48. The van der Waals surface area contributed by atoms with E-state index in [0.717, 1.165) is 38.3 Å². The van der Waals surface area contributed by atoms with Gasteiger partial charge in [-0.2, -0.15) is 0 Å². The first-order valence-electron chi connectivity index (χ1n) is 7.49. The Labute approximate surface area is 126 Å². The first-order valence-corrected chi connectivity index (χ1v) is 7.87. The number of hydrogen-bond donors (Lipinski definition) is 1. The molecule has 0 amide bonds. The van der Waals surface area contributed by atoms with Gasteiger partial charge in [0.1, 0.15) is 12.4 Å². The van der Waals surface area contributed by atoms with E-state index in [0.29, 0.717) is 23.6 Å². The molecule has 2 rings (SSSR count). The monoisotopic (exact) mass is 297 g/mol. The number of rotatable bonds is 7. The maximum Gasteiger partial charge on any atom is 0.120 e. The number of hydrogen-bond acceptors (Lipinski definition) is 3. The van der Waals surface area contributed by atoms with Crippen LogP contribution >= 0.6 is 11.6 Å². The van der Waals surface area contributed by atoms with Crippen molar-refractivity contribution in [1.29, 1.82) is 0 Å². The Kier molecular flexibility index (Phi) is 6.64. The van der Waals surface area contributed by atoms with Crippen molar-refractivity contribution < 1.29 is 9.47 Å². The van der Waals surface area contributed by atoms with Crippen molar-refractivity contribution in [2.45, 2.75) is 32.2 Å². The molecule has 0 aliphatic carbocycles. The second-order valence-electron chi connectivity index (χ2n) is 5.31. The van der Waals surface area contributed by atoms with Gasteiger partial charge in [0.15, 0.2) is 0 Å². The zero-order valence-electron chi connectivity index (χ0n) is 12.1. The van der Waals surface area contributed by atoms with Gasteiger partial charge in [0.2, 0.25) is 0 Å². The zero-order chi connectivity index (χ0) is 14.2. The highest BCUT2D eigenvalue weighted by Crippen LogP contribution is 2.21. The van der Waals surface area contributed by atoms with Gasteiger partial charge in [-0.1, -0.05) is 24.6 Å². The largest absolute Gasteiger partial charge is 0.492 e. The summed E-state index contributed by atoms with van der Waals surface area (Å²) in [6.45, 7) is 5.58. The van der Waals surface area contributed by atoms with Crippen molar-refractivity contribution in [2.24, 2.45) is 5.92 Å². The summed E-state index contributed by atoms with van der Waals surface area (Å²) in [6.07, 6.45) is 3.48. The number of nitrogens with one attached hydrogen (secondary N) is 1. The van der Waals surface area contributed by atoms with Gasteiger partial charge in [-0.15, -0.1) is 0 Å². The van der Waals surface area contributed by atoms with Gasteiger partial charge in [-0.05, 0) is 44.0 Å². The molecule has 4 heteroatoms. The van der Waals surface area contributed by atoms with Gasteiger partial charge in [0, 0.05) is 23.6 Å². The number of ether oxygens (including phenoxy) is 2. The Hall–Kier alpha value is -0.770. The highest BCUT2D eigenvalue weighted by molar-refractivity contribution is 6.30. The van der Waals surface area contributed by atoms with Crippen LogP contribution in [0.3, 0.4) is 0 Å². The van der Waals surface area contributed by atoms with Gasteiger partial charge < -0.3 is 14.8 Å². The first kappa shape index (κ1) is 15.6. The molecule has 0 aromatic heterocycles. The molecule has 0 spiro atoms. The van der Waals surface area contributed by atoms with Crippen molar-refractivity contribution in [1.82, 2.24) is 5.32 Å². The fourth-order valence-electron chi connectivity index (χ4n) is 2.52. The standard InChI is InChI=1S/C16H24ClNO2/c1-2-8-18-16(13-5-4-9-19-11-13)12-20-15-7-3-6-14(17)10-15/h3,6-7,10,13,16,18H,2,4-5,8-9,11-12H2,1H3. The van der Waals surface area contributed by atoms with E-state index < -0.39 is 0 Å². The lowest BCUT2D eigenvalue weighted by Gasteiger charge is -2.31. The van der Waals surface area contributed by atoms with Gasteiger partial charge >= 0.3 is 0 Å². The third-order valence-corrected chi connectivity index (χ3v) is 3.88. The Balaban J connectivity index is 1.89. The van der Waals surface area contributed by atoms with Crippen molar-refractivity contribution in [3.05, 3.63) is 29.3 Å². The lowest BCUT2D eigenvalue weighted by atomic mass is 9.94. The molecule has 1 aliphatic rings. The lowest BCUT2D eigenvalue weighted by molar-refractivity contribution is 0.0307. The van der Waals surface area contributed by atoms with Crippen molar-refractivity contribution in [3.8, 4) is 5.75 Å². The fraction of sp³-hybridized carbons (Fsp3) is 0.625. The van der Waals surface area contributed by atoms with Crippen LogP contribution in [-0.4, -0.2) is 32.4 Å². The molecule has 20 heavy (non-hydrogen) atoms. The number of halogens is 1. The van der Waals surface area contributed by atoms with Gasteiger partial charge in [-0.3, -0.25) is 0 Å². The quantitative estimate of drug-likeness (QED) is 0.835. The van der Waals surface area contributed by atoms with E-state index in [1.807, 2.05) is 24.3 Å². The van der Waals surface area contributed by atoms with Crippen LogP contribution in [0, 0.1) is 5.92 Å². The van der Waals surface area contributed by atoms with E-state index in [1.54, 1.807) is 0 Å². The molecule has 112 valence electrons. The van der Waals surface area contributed by atoms with Crippen LogP contribution in [0.2, 0.25) is 5.02 Å². The minimum atomic E-state index is 0.342. The van der Waals surface area contributed by atoms with E-state index in [1.165, 1.54) is 6.42 Å². The number of benzene rings is 1. The molecule has 2 atom stereocenters. The van der Waals surface area contributed by atoms with Crippen LogP contribution in [0.15, 0.2) is 24.3 Å². The average molecular weight is 298 g/mol. The molecule has 0 radical (unpaired) electrons. The Morgan fingerprint density at radius 3 is 3.10 bits per heavy atom. The molecular formula is C16H24ClNO2. The summed E-state index contributed by atoms with van der Waals surface area (Å²) in [7, 11) is 0. The van der Waals surface area contributed by atoms with Crippen LogP contribution < -0.4 is 10.1 Å². The second-order valence-corrected chi connectivity index (χ2v) is 5.74. The van der Waals surface area contributed by atoms with E-state index in [2.05, 4.69) is 12.2 Å². The molecular weight excluding hydrogens is 274 g/mol. The normalized spacial score (nSPS) is 20.6. The SMILES string of the molecule is CCCNC(COc1cccc(Cl)c1)C1CCCOC1. The maximum absolute atomic E-state index is 5.98. The van der Waals surface area contributed by atoms with Gasteiger partial charge in [0.25, 0.3) is 0 Å². The molecule has 1 N–H and O–H groups in total. The molecule has 0 saturated carbocycles. The molecule has 1 aromatic rings. The van der Waals surface area contributed by atoms with E-state index in [-0.39, 0.29) is 0 Å². The second kappa shape index (κ2) is 8.50. The zero-order valence-corrected chi connectivity index (χ0v) is 12.9. The summed E-state index contributed by atoms with van der Waals surface area (Å²) in [5.41, 5.74) is 0. The molecule has 1 saturated heterocycles. The first-order chi connectivity index (χ1) is 9.79. The summed E-state index contributed by atoms with van der Waals surface area (Å²) in [6, 6.07) is 7.91. The summed E-state index contributed by atoms with van der Waals surface area (Å²) >= 11 is 5.98. The summed E-state index contributed by atoms with van der Waals surface area (Å²) in [5, 5.41) is 4.30. The van der Waals surface area contributed by atoms with Crippen molar-refractivity contribution >= 4 is 11.6 Å². The predicted molar refractivity (Wildman–Crippen MR) is 82.6 cm³/mol. The molecule has 2 unspecified atom stereocenters. The minimum Gasteiger partial charge on any atom is -0.492 e. The maximum atomic E-state index is 5.98. The van der Waals surface area contributed by atoms with Crippen LogP contribution in [0.5, 0.6) is 5.75 Å². The van der Waals surface area contributed by atoms with Gasteiger partial charge in [0.05, 0.1) is 6.61 Å². The highest BCUT2D eigenvalue weighted by Gasteiger charge is 2.24. The third-order valence-electron chi connectivity index (χ3n) is 3.65. The summed E-state index contributed by atoms with van der Waals surface area (Å²) in [5.74, 6) is 1.37. The fourth-order valence-corrected chi connectivity index (χ4v) is 2.70. The topological polar surface area (TPSA) is 30.5 Å². The highest BCUT2D eigenvalue weighted by atomic mass is 35.5. The Morgan fingerprint density at radius 1 is 1.50 bits per heavy atom. The third kappa shape index (κ3) is 4.97. The molecule has 3 nitrogen and oxygen atoms in total. The van der Waals surface area contributed by atoms with Gasteiger partial charge in [-0.25, -0.2) is 0 Å².